The third-order valence-electron chi connectivity index (χ3n) is 5.39. The summed E-state index contributed by atoms with van der Waals surface area (Å²) in [6.45, 7) is 2.06. The fraction of sp³-hybridized carbons (Fsp3) is 0.435. The van der Waals surface area contributed by atoms with E-state index in [-0.39, 0.29) is 36.6 Å². The summed E-state index contributed by atoms with van der Waals surface area (Å²) in [5.74, 6) is -0.695. The lowest BCUT2D eigenvalue weighted by molar-refractivity contribution is -0.144. The van der Waals surface area contributed by atoms with Gasteiger partial charge < -0.3 is 25.5 Å². The number of nitrogens with one attached hydrogen (secondary N) is 2. The third-order valence-corrected chi connectivity index (χ3v) is 5.39. The second-order valence-electron chi connectivity index (χ2n) is 7.66. The van der Waals surface area contributed by atoms with Crippen molar-refractivity contribution in [1.82, 2.24) is 4.98 Å². The maximum Gasteiger partial charge on any atom is 0.328 e. The van der Waals surface area contributed by atoms with E-state index in [2.05, 4.69) is 10.3 Å². The molecule has 0 radical (unpaired) electrons. The molecular weight excluding hydrogens is 398 g/mol. The molecule has 1 aromatic heterocycles. The van der Waals surface area contributed by atoms with Crippen LogP contribution in [0.4, 0.5) is 5.69 Å². The van der Waals surface area contributed by atoms with Gasteiger partial charge in [-0.25, -0.2) is 4.79 Å². The second kappa shape index (κ2) is 10.3. The fourth-order valence-electron chi connectivity index (χ4n) is 3.78. The minimum Gasteiger partial charge on any atom is -0.469 e. The number of hydrogen-bond donors (Lipinski definition) is 3. The van der Waals surface area contributed by atoms with Gasteiger partial charge in [-0.2, -0.15) is 0 Å². The lowest BCUT2D eigenvalue weighted by Gasteiger charge is -2.23. The molecule has 4 N–H and O–H groups in total. The van der Waals surface area contributed by atoms with Gasteiger partial charge in [-0.15, -0.1) is 0 Å². The van der Waals surface area contributed by atoms with Crippen LogP contribution in [0.3, 0.4) is 0 Å². The number of hydrogen-bond acceptors (Lipinski definition) is 7. The number of methoxy groups -OCH3 is 1. The molecule has 1 aliphatic rings. The number of carbonyl (C=O) groups is 2. The van der Waals surface area contributed by atoms with Crippen molar-refractivity contribution in [1.29, 1.82) is 0 Å². The zero-order chi connectivity index (χ0) is 22.4. The van der Waals surface area contributed by atoms with Gasteiger partial charge in [0, 0.05) is 29.1 Å². The van der Waals surface area contributed by atoms with Gasteiger partial charge >= 0.3 is 11.9 Å². The summed E-state index contributed by atoms with van der Waals surface area (Å²) in [4.78, 5) is 39.5. The Morgan fingerprint density at radius 3 is 2.68 bits per heavy atom. The molecule has 0 aliphatic carbocycles. The first kappa shape index (κ1) is 22.6. The van der Waals surface area contributed by atoms with Crippen LogP contribution in [0.25, 0.3) is 11.1 Å². The predicted octanol–water partition coefficient (Wildman–Crippen LogP) is 2.67. The summed E-state index contributed by atoms with van der Waals surface area (Å²) in [6.07, 6.45) is 2.95. The van der Waals surface area contributed by atoms with Crippen LogP contribution in [0.1, 0.15) is 49.9 Å². The van der Waals surface area contributed by atoms with Gasteiger partial charge in [0.15, 0.2) is 0 Å². The van der Waals surface area contributed by atoms with E-state index < -0.39 is 6.04 Å². The first-order valence-corrected chi connectivity index (χ1v) is 10.5. The number of anilines is 1. The van der Waals surface area contributed by atoms with Gasteiger partial charge in [0.05, 0.1) is 20.1 Å². The number of esters is 2. The van der Waals surface area contributed by atoms with E-state index in [9.17, 15) is 14.4 Å². The minimum absolute atomic E-state index is 0.0982. The Balaban J connectivity index is 2.11. The van der Waals surface area contributed by atoms with Crippen molar-refractivity contribution in [3.8, 4) is 11.1 Å². The van der Waals surface area contributed by atoms with Gasteiger partial charge in [0.25, 0.3) is 0 Å². The zero-order valence-corrected chi connectivity index (χ0v) is 17.9. The Morgan fingerprint density at radius 1 is 1.16 bits per heavy atom. The Kier molecular flexibility index (Phi) is 7.46. The molecule has 0 amide bonds. The van der Waals surface area contributed by atoms with Crippen LogP contribution in [-0.4, -0.2) is 36.7 Å². The second-order valence-corrected chi connectivity index (χ2v) is 7.66. The molecule has 3 rings (SSSR count). The van der Waals surface area contributed by atoms with Crippen LogP contribution < -0.4 is 16.6 Å². The topological polar surface area (TPSA) is 124 Å². The first-order chi connectivity index (χ1) is 14.9. The quantitative estimate of drug-likeness (QED) is 0.641. The van der Waals surface area contributed by atoms with Crippen molar-refractivity contribution in [2.45, 2.75) is 51.1 Å². The molecule has 2 bridgehead atoms. The highest BCUT2D eigenvalue weighted by molar-refractivity contribution is 5.85. The highest BCUT2D eigenvalue weighted by Crippen LogP contribution is 2.32. The van der Waals surface area contributed by atoms with Crippen LogP contribution in [-0.2, 0) is 25.5 Å². The molecule has 2 atom stereocenters. The van der Waals surface area contributed by atoms with Gasteiger partial charge in [-0.05, 0) is 43.0 Å². The van der Waals surface area contributed by atoms with Crippen molar-refractivity contribution >= 4 is 17.6 Å². The fourth-order valence-corrected chi connectivity index (χ4v) is 3.78. The lowest BCUT2D eigenvalue weighted by atomic mass is 9.96. The first-order valence-electron chi connectivity index (χ1n) is 10.5. The van der Waals surface area contributed by atoms with E-state index in [1.54, 1.807) is 6.92 Å². The van der Waals surface area contributed by atoms with E-state index >= 15 is 0 Å². The number of pyridine rings is 1. The molecular formula is C23H29N3O5. The molecule has 0 spiro atoms. The predicted molar refractivity (Wildman–Crippen MR) is 118 cm³/mol. The molecule has 31 heavy (non-hydrogen) atoms. The molecule has 2 aromatic rings. The summed E-state index contributed by atoms with van der Waals surface area (Å²) < 4.78 is 10.0. The lowest BCUT2D eigenvalue weighted by Crippen LogP contribution is -2.32. The van der Waals surface area contributed by atoms with E-state index in [4.69, 9.17) is 15.2 Å². The number of rotatable bonds is 4. The average molecular weight is 428 g/mol. The van der Waals surface area contributed by atoms with Gasteiger partial charge in [-0.1, -0.05) is 25.0 Å². The summed E-state index contributed by atoms with van der Waals surface area (Å²) in [6, 6.07) is 7.97. The van der Waals surface area contributed by atoms with Gasteiger partial charge in [-0.3, -0.25) is 9.59 Å². The Morgan fingerprint density at radius 2 is 1.94 bits per heavy atom. The normalized spacial score (nSPS) is 18.5. The summed E-state index contributed by atoms with van der Waals surface area (Å²) in [5.41, 5.74) is 9.55. The third kappa shape index (κ3) is 5.73. The molecule has 166 valence electrons. The van der Waals surface area contributed by atoms with Gasteiger partial charge in [0.1, 0.15) is 6.04 Å². The maximum absolute atomic E-state index is 12.6. The van der Waals surface area contributed by atoms with Crippen LogP contribution in [0.2, 0.25) is 0 Å². The van der Waals surface area contributed by atoms with E-state index in [1.807, 2.05) is 24.3 Å². The molecule has 1 aliphatic heterocycles. The monoisotopic (exact) mass is 427 g/mol. The van der Waals surface area contributed by atoms with Crippen LogP contribution in [0.15, 0.2) is 35.1 Å². The highest BCUT2D eigenvalue weighted by Gasteiger charge is 2.23. The minimum atomic E-state index is -0.552. The van der Waals surface area contributed by atoms with E-state index in [0.717, 1.165) is 24.0 Å². The summed E-state index contributed by atoms with van der Waals surface area (Å²) >= 11 is 0. The Labute approximate surface area is 181 Å². The van der Waals surface area contributed by atoms with E-state index in [0.29, 0.717) is 29.8 Å². The number of H-pyrrole nitrogens is 1. The van der Waals surface area contributed by atoms with Gasteiger partial charge in [0.2, 0.25) is 5.56 Å². The number of nitrogens with two attached hydrogens (primary N) is 1. The van der Waals surface area contributed by atoms with E-state index in [1.165, 1.54) is 13.2 Å². The van der Waals surface area contributed by atoms with Crippen LogP contribution in [0, 0.1) is 0 Å². The van der Waals surface area contributed by atoms with Crippen LogP contribution >= 0.6 is 0 Å². The molecule has 8 heteroatoms. The smallest absolute Gasteiger partial charge is 0.328 e. The molecule has 2 unspecified atom stereocenters. The van der Waals surface area contributed by atoms with Crippen molar-refractivity contribution < 1.29 is 19.1 Å². The summed E-state index contributed by atoms with van der Waals surface area (Å²) in [7, 11) is 1.34. The molecule has 1 aromatic carbocycles. The zero-order valence-electron chi connectivity index (χ0n) is 17.9. The summed E-state index contributed by atoms with van der Waals surface area (Å²) in [5, 5.41) is 3.30. The maximum atomic E-state index is 12.6. The van der Waals surface area contributed by atoms with Crippen molar-refractivity contribution in [2.24, 2.45) is 5.73 Å². The standard InChI is InChI=1S/C23H29N3O5/c1-3-31-23(29)18-7-5-4-6-17(24)20-12-15(13-21(27)26-20)16-9-8-14(10-19(16)25-18)11-22(28)30-2/h8-10,12-13,17-18,25H,3-7,11,24H2,1-2H3,(H,26,27). The average Bonchev–Trinajstić information content (AvgIpc) is 2.74. The number of aromatic nitrogens is 1. The number of fused-ring (bicyclic) bond motifs is 4. The highest BCUT2D eigenvalue weighted by atomic mass is 16.5. The van der Waals surface area contributed by atoms with Crippen molar-refractivity contribution in [3.63, 3.8) is 0 Å². The molecule has 8 nitrogen and oxygen atoms in total. The number of benzene rings is 1. The van der Waals surface area contributed by atoms with Crippen molar-refractivity contribution in [3.05, 3.63) is 51.9 Å². The SMILES string of the molecule is CCOC(=O)C1CCCCC(N)c2cc(cc(=O)[nH]2)-c2ccc(CC(=O)OC)cc2N1. The van der Waals surface area contributed by atoms with Crippen LogP contribution in [0.5, 0.6) is 0 Å². The molecule has 0 fully saturated rings. The van der Waals surface area contributed by atoms with Crippen molar-refractivity contribution in [2.75, 3.05) is 19.0 Å². The largest absolute Gasteiger partial charge is 0.469 e. The number of aromatic amines is 1. The number of carbonyl (C=O) groups excluding carboxylic acids is 2. The Hall–Kier alpha value is -3.13. The molecule has 0 saturated carbocycles. The number of ether oxygens (including phenoxy) is 2. The Bertz CT molecular complexity index is 1000. The molecule has 0 saturated heterocycles. The molecule has 2 heterocycles.